The first-order valence-electron chi connectivity index (χ1n) is 8.26. The minimum Gasteiger partial charge on any atom is -0.497 e. The lowest BCUT2D eigenvalue weighted by Gasteiger charge is -2.27. The molecular weight excluding hydrogens is 348 g/mol. The molecule has 4 nitrogen and oxygen atoms in total. The Morgan fingerprint density at radius 3 is 2.54 bits per heavy atom. The largest absolute Gasteiger partial charge is 0.497 e. The Labute approximate surface area is 157 Å². The van der Waals surface area contributed by atoms with Crippen LogP contribution in [-0.2, 0) is 0 Å². The number of hydrogen-bond donors (Lipinski definition) is 1. The summed E-state index contributed by atoms with van der Waals surface area (Å²) in [5.74, 6) is 0.717. The first-order valence-corrected chi connectivity index (χ1v) is 8.64. The Morgan fingerprint density at radius 1 is 1.00 bits per heavy atom. The van der Waals surface area contributed by atoms with Gasteiger partial charge >= 0.3 is 0 Å². The molecule has 0 saturated carbocycles. The zero-order chi connectivity index (χ0) is 18.1. The van der Waals surface area contributed by atoms with Crippen molar-refractivity contribution < 1.29 is 9.53 Å². The van der Waals surface area contributed by atoms with E-state index in [9.17, 15) is 4.79 Å². The summed E-state index contributed by atoms with van der Waals surface area (Å²) in [6.45, 7) is 0. The van der Waals surface area contributed by atoms with Crippen molar-refractivity contribution in [2.45, 2.75) is 6.17 Å². The number of ether oxygens (including phenoxy) is 1. The maximum atomic E-state index is 13.0. The topological polar surface area (TPSA) is 41.6 Å². The number of carbonyl (C=O) groups is 1. The second-order valence-electron chi connectivity index (χ2n) is 6.02. The maximum absolute atomic E-state index is 13.0. The summed E-state index contributed by atoms with van der Waals surface area (Å²) >= 11 is 6.01. The number of methoxy groups -OCH3 is 1. The third-order valence-electron chi connectivity index (χ3n) is 4.44. The van der Waals surface area contributed by atoms with Crippen LogP contribution in [-0.4, -0.2) is 13.0 Å². The standard InChI is InChI=1S/C21H17ClN2O2/c1-26-17-6-4-5-15(13-17)23-20-18-7-2-3-8-19(18)21(25)24(20)16-11-9-14(22)10-12-16/h2-13,20,23H,1H3/t20-/m0/s1. The van der Waals surface area contributed by atoms with E-state index >= 15 is 0 Å². The van der Waals surface area contributed by atoms with Crippen molar-refractivity contribution in [3.63, 3.8) is 0 Å². The Balaban J connectivity index is 1.76. The van der Waals surface area contributed by atoms with Crippen molar-refractivity contribution in [2.24, 2.45) is 0 Å². The molecule has 0 unspecified atom stereocenters. The van der Waals surface area contributed by atoms with E-state index in [1.54, 1.807) is 24.1 Å². The van der Waals surface area contributed by atoms with Gasteiger partial charge in [-0.3, -0.25) is 9.69 Å². The van der Waals surface area contributed by atoms with Gasteiger partial charge < -0.3 is 10.1 Å². The molecule has 0 spiro atoms. The number of fused-ring (bicyclic) bond motifs is 1. The number of rotatable bonds is 4. The molecule has 130 valence electrons. The Hall–Kier alpha value is -2.98. The number of halogens is 1. The van der Waals surface area contributed by atoms with Crippen LogP contribution in [0.2, 0.25) is 5.02 Å². The van der Waals surface area contributed by atoms with E-state index in [2.05, 4.69) is 5.32 Å². The first kappa shape index (κ1) is 16.5. The highest BCUT2D eigenvalue weighted by molar-refractivity contribution is 6.30. The number of hydrogen-bond acceptors (Lipinski definition) is 3. The lowest BCUT2D eigenvalue weighted by Crippen LogP contribution is -2.32. The first-order chi connectivity index (χ1) is 12.7. The second-order valence-corrected chi connectivity index (χ2v) is 6.45. The number of amides is 1. The molecule has 3 aromatic carbocycles. The van der Waals surface area contributed by atoms with E-state index in [1.807, 2.05) is 60.7 Å². The predicted octanol–water partition coefficient (Wildman–Crippen LogP) is 5.12. The van der Waals surface area contributed by atoms with Crippen LogP contribution in [0.15, 0.2) is 72.8 Å². The number of benzene rings is 3. The van der Waals surface area contributed by atoms with Crippen molar-refractivity contribution >= 4 is 28.9 Å². The Kier molecular flexibility index (Phi) is 4.27. The van der Waals surface area contributed by atoms with Crippen molar-refractivity contribution in [2.75, 3.05) is 17.3 Å². The third kappa shape index (κ3) is 2.89. The van der Waals surface area contributed by atoms with E-state index in [0.717, 1.165) is 22.7 Å². The summed E-state index contributed by atoms with van der Waals surface area (Å²) in [5.41, 5.74) is 3.30. The van der Waals surface area contributed by atoms with Gasteiger partial charge in [-0.2, -0.15) is 0 Å². The van der Waals surface area contributed by atoms with Gasteiger partial charge in [0.05, 0.1) is 7.11 Å². The van der Waals surface area contributed by atoms with Gasteiger partial charge in [0, 0.05) is 33.6 Å². The molecule has 1 aliphatic heterocycles. The van der Waals surface area contributed by atoms with Crippen LogP contribution in [0, 0.1) is 0 Å². The van der Waals surface area contributed by atoms with E-state index in [4.69, 9.17) is 16.3 Å². The number of anilines is 2. The zero-order valence-corrected chi connectivity index (χ0v) is 14.9. The van der Waals surface area contributed by atoms with Crippen LogP contribution in [0.1, 0.15) is 22.1 Å². The van der Waals surface area contributed by atoms with Gasteiger partial charge in [-0.05, 0) is 42.5 Å². The van der Waals surface area contributed by atoms with Crippen molar-refractivity contribution in [1.29, 1.82) is 0 Å². The maximum Gasteiger partial charge on any atom is 0.260 e. The molecular formula is C21H17ClN2O2. The van der Waals surface area contributed by atoms with E-state index in [1.165, 1.54) is 0 Å². The summed E-state index contributed by atoms with van der Waals surface area (Å²) in [7, 11) is 1.63. The number of carbonyl (C=O) groups excluding carboxylic acids is 1. The molecule has 1 atom stereocenters. The minimum absolute atomic E-state index is 0.0386. The fraction of sp³-hybridized carbons (Fsp3) is 0.0952. The number of nitrogens with one attached hydrogen (secondary N) is 1. The Bertz CT molecular complexity index is 956. The molecule has 3 aromatic rings. The summed E-state index contributed by atoms with van der Waals surface area (Å²) < 4.78 is 5.30. The van der Waals surface area contributed by atoms with Gasteiger partial charge in [0.15, 0.2) is 0 Å². The fourth-order valence-electron chi connectivity index (χ4n) is 3.20. The highest BCUT2D eigenvalue weighted by Gasteiger charge is 2.37. The fourth-order valence-corrected chi connectivity index (χ4v) is 3.32. The minimum atomic E-state index is -0.313. The van der Waals surface area contributed by atoms with Crippen LogP contribution >= 0.6 is 11.6 Å². The molecule has 5 heteroatoms. The smallest absolute Gasteiger partial charge is 0.260 e. The van der Waals surface area contributed by atoms with Crippen LogP contribution in [0.3, 0.4) is 0 Å². The summed E-state index contributed by atoms with van der Waals surface area (Å²) in [6, 6.07) is 22.6. The normalized spacial score (nSPS) is 15.7. The van der Waals surface area contributed by atoms with Crippen molar-refractivity contribution in [1.82, 2.24) is 0 Å². The van der Waals surface area contributed by atoms with Gasteiger partial charge in [-0.25, -0.2) is 0 Å². The third-order valence-corrected chi connectivity index (χ3v) is 4.69. The van der Waals surface area contributed by atoms with Crippen LogP contribution in [0.5, 0.6) is 5.75 Å². The molecule has 0 bridgehead atoms. The predicted molar refractivity (Wildman–Crippen MR) is 104 cm³/mol. The molecule has 1 N–H and O–H groups in total. The van der Waals surface area contributed by atoms with Gasteiger partial charge in [-0.15, -0.1) is 0 Å². The number of nitrogens with zero attached hydrogens (tertiary/aromatic N) is 1. The van der Waals surface area contributed by atoms with Crippen LogP contribution < -0.4 is 15.0 Å². The molecule has 1 heterocycles. The lowest BCUT2D eigenvalue weighted by atomic mass is 10.1. The molecule has 1 amide bonds. The molecule has 4 rings (SSSR count). The zero-order valence-electron chi connectivity index (χ0n) is 14.1. The van der Waals surface area contributed by atoms with Crippen LogP contribution in [0.25, 0.3) is 0 Å². The molecule has 0 aromatic heterocycles. The van der Waals surface area contributed by atoms with Gasteiger partial charge in [0.2, 0.25) is 0 Å². The van der Waals surface area contributed by atoms with E-state index < -0.39 is 0 Å². The van der Waals surface area contributed by atoms with E-state index in [0.29, 0.717) is 10.6 Å². The SMILES string of the molecule is COc1cccc(N[C@@H]2c3ccccc3C(=O)N2c2ccc(Cl)cc2)c1. The van der Waals surface area contributed by atoms with Gasteiger partial charge in [0.25, 0.3) is 5.91 Å². The van der Waals surface area contributed by atoms with Crippen molar-refractivity contribution in [3.05, 3.63) is 88.9 Å². The molecule has 26 heavy (non-hydrogen) atoms. The van der Waals surface area contributed by atoms with Gasteiger partial charge in [-0.1, -0.05) is 35.9 Å². The monoisotopic (exact) mass is 364 g/mol. The molecule has 0 fully saturated rings. The summed E-state index contributed by atoms with van der Waals surface area (Å²) in [6.07, 6.45) is -0.313. The summed E-state index contributed by atoms with van der Waals surface area (Å²) in [4.78, 5) is 14.8. The molecule has 0 radical (unpaired) electrons. The average Bonchev–Trinajstić information content (AvgIpc) is 2.95. The quantitative estimate of drug-likeness (QED) is 0.698. The molecule has 0 aliphatic carbocycles. The summed E-state index contributed by atoms with van der Waals surface area (Å²) in [5, 5.41) is 4.09. The second kappa shape index (κ2) is 6.73. The van der Waals surface area contributed by atoms with Crippen LogP contribution in [0.4, 0.5) is 11.4 Å². The Morgan fingerprint density at radius 2 is 1.77 bits per heavy atom. The molecule has 1 aliphatic rings. The van der Waals surface area contributed by atoms with Gasteiger partial charge in [0.1, 0.15) is 11.9 Å². The lowest BCUT2D eigenvalue weighted by molar-refractivity contribution is 0.0993. The molecule has 0 saturated heterocycles. The highest BCUT2D eigenvalue weighted by Crippen LogP contribution is 2.38. The van der Waals surface area contributed by atoms with E-state index in [-0.39, 0.29) is 12.1 Å². The highest BCUT2D eigenvalue weighted by atomic mass is 35.5. The van der Waals surface area contributed by atoms with Crippen molar-refractivity contribution in [3.8, 4) is 5.75 Å². The average molecular weight is 365 g/mol.